The minimum absolute atomic E-state index is 0.215. The normalized spacial score (nSPS) is 17.1. The number of halogens is 1. The van der Waals surface area contributed by atoms with Crippen LogP contribution < -0.4 is 15.2 Å². The summed E-state index contributed by atoms with van der Waals surface area (Å²) >= 11 is 6.25. The Morgan fingerprint density at radius 1 is 1.39 bits per heavy atom. The molecule has 0 saturated heterocycles. The summed E-state index contributed by atoms with van der Waals surface area (Å²) in [4.78, 5) is 0. The van der Waals surface area contributed by atoms with Crippen LogP contribution in [0.1, 0.15) is 37.7 Å². The van der Waals surface area contributed by atoms with Gasteiger partial charge in [0.2, 0.25) is 0 Å². The van der Waals surface area contributed by atoms with Gasteiger partial charge in [-0.25, -0.2) is 0 Å². The van der Waals surface area contributed by atoms with Gasteiger partial charge in [-0.2, -0.15) is 0 Å². The molecule has 0 bridgehead atoms. The molecule has 1 aromatic carbocycles. The van der Waals surface area contributed by atoms with Gasteiger partial charge in [-0.15, -0.1) is 0 Å². The van der Waals surface area contributed by atoms with Crippen LogP contribution in [0.15, 0.2) is 12.1 Å². The fourth-order valence-corrected chi connectivity index (χ4v) is 2.32. The third-order valence-electron chi connectivity index (χ3n) is 3.51. The lowest BCUT2D eigenvalue weighted by molar-refractivity contribution is 0.116. The summed E-state index contributed by atoms with van der Waals surface area (Å²) in [5.41, 5.74) is 6.72. The van der Waals surface area contributed by atoms with Crippen LogP contribution in [0.4, 0.5) is 0 Å². The van der Waals surface area contributed by atoms with Gasteiger partial charge < -0.3 is 15.2 Å². The van der Waals surface area contributed by atoms with Gasteiger partial charge in [-0.05, 0) is 43.4 Å². The van der Waals surface area contributed by atoms with Crippen LogP contribution in [-0.2, 0) is 0 Å². The van der Waals surface area contributed by atoms with Gasteiger partial charge in [0.05, 0.1) is 13.2 Å². The van der Waals surface area contributed by atoms with Gasteiger partial charge in [0, 0.05) is 11.1 Å². The lowest BCUT2D eigenvalue weighted by Gasteiger charge is -2.28. The molecule has 0 aliphatic heterocycles. The molecule has 2 rings (SSSR count). The second kappa shape index (κ2) is 5.81. The van der Waals surface area contributed by atoms with Crippen LogP contribution in [0.3, 0.4) is 0 Å². The van der Waals surface area contributed by atoms with E-state index in [9.17, 15) is 0 Å². The molecule has 4 heteroatoms. The summed E-state index contributed by atoms with van der Waals surface area (Å²) in [5, 5.41) is 0.686. The maximum atomic E-state index is 6.25. The van der Waals surface area contributed by atoms with Crippen molar-refractivity contribution in [3.63, 3.8) is 0 Å². The third kappa shape index (κ3) is 2.73. The Labute approximate surface area is 113 Å². The van der Waals surface area contributed by atoms with Crippen LogP contribution in [0, 0.1) is 0 Å². The molecule has 3 nitrogen and oxygen atoms in total. The summed E-state index contributed by atoms with van der Waals surface area (Å²) < 4.78 is 11.3. The van der Waals surface area contributed by atoms with Gasteiger partial charge in [-0.1, -0.05) is 18.5 Å². The van der Waals surface area contributed by atoms with Gasteiger partial charge in [0.25, 0.3) is 0 Å². The average molecular weight is 270 g/mol. The Bertz CT molecular complexity index is 419. The zero-order valence-corrected chi connectivity index (χ0v) is 11.7. The van der Waals surface area contributed by atoms with E-state index in [-0.39, 0.29) is 5.92 Å². The first kappa shape index (κ1) is 13.5. The van der Waals surface area contributed by atoms with E-state index < -0.39 is 0 Å². The van der Waals surface area contributed by atoms with Gasteiger partial charge in [0.15, 0.2) is 11.5 Å². The van der Waals surface area contributed by atoms with Crippen molar-refractivity contribution in [3.05, 3.63) is 22.7 Å². The van der Waals surface area contributed by atoms with Crippen molar-refractivity contribution in [3.8, 4) is 11.5 Å². The Morgan fingerprint density at radius 3 is 2.61 bits per heavy atom. The summed E-state index contributed by atoms with van der Waals surface area (Å²) in [6.07, 6.45) is 3.80. The Kier molecular flexibility index (Phi) is 4.36. The van der Waals surface area contributed by atoms with Crippen LogP contribution in [0.5, 0.6) is 11.5 Å². The molecule has 1 saturated carbocycles. The molecular formula is C14H20ClNO2. The molecule has 0 amide bonds. The zero-order chi connectivity index (χ0) is 13.1. The van der Waals surface area contributed by atoms with E-state index in [4.69, 9.17) is 26.8 Å². The number of rotatable bonds is 5. The maximum Gasteiger partial charge on any atom is 0.162 e. The summed E-state index contributed by atoms with van der Waals surface area (Å²) in [6.45, 7) is 2.62. The molecule has 1 aliphatic rings. The Balaban J connectivity index is 2.29. The van der Waals surface area contributed by atoms with Crippen molar-refractivity contribution in [2.24, 2.45) is 5.73 Å². The van der Waals surface area contributed by atoms with Crippen LogP contribution in [0.25, 0.3) is 0 Å². The fourth-order valence-electron chi connectivity index (χ4n) is 1.98. The molecule has 1 fully saturated rings. The topological polar surface area (TPSA) is 44.5 Å². The maximum absolute atomic E-state index is 6.25. The van der Waals surface area contributed by atoms with Gasteiger partial charge in [0.1, 0.15) is 0 Å². The molecule has 1 aromatic rings. The number of nitrogens with two attached hydrogens (primary N) is 1. The largest absolute Gasteiger partial charge is 0.493 e. The van der Waals surface area contributed by atoms with Crippen molar-refractivity contribution in [2.75, 3.05) is 13.7 Å². The molecule has 0 spiro atoms. The van der Waals surface area contributed by atoms with E-state index in [0.29, 0.717) is 23.4 Å². The summed E-state index contributed by atoms with van der Waals surface area (Å²) in [6, 6.07) is 3.79. The molecule has 18 heavy (non-hydrogen) atoms. The molecule has 1 unspecified atom stereocenters. The zero-order valence-electron chi connectivity index (χ0n) is 10.9. The number of methoxy groups -OCH3 is 1. The van der Waals surface area contributed by atoms with Gasteiger partial charge in [-0.3, -0.25) is 0 Å². The highest BCUT2D eigenvalue weighted by molar-refractivity contribution is 6.31. The van der Waals surface area contributed by atoms with Crippen molar-refractivity contribution < 1.29 is 9.47 Å². The highest BCUT2D eigenvalue weighted by Crippen LogP contribution is 2.38. The second-order valence-corrected chi connectivity index (χ2v) is 5.24. The van der Waals surface area contributed by atoms with Crippen molar-refractivity contribution >= 4 is 11.6 Å². The number of hydrogen-bond donors (Lipinski definition) is 1. The first-order chi connectivity index (χ1) is 8.65. The lowest BCUT2D eigenvalue weighted by Crippen LogP contribution is -2.25. The minimum Gasteiger partial charge on any atom is -0.493 e. The quantitative estimate of drug-likeness (QED) is 0.892. The van der Waals surface area contributed by atoms with Crippen LogP contribution >= 0.6 is 11.6 Å². The molecule has 0 radical (unpaired) electrons. The van der Waals surface area contributed by atoms with E-state index in [2.05, 4.69) is 6.92 Å². The standard InChI is InChI=1S/C14H20ClNO2/c1-9(8-16)11-6-14(18-10-4-3-5-10)13(17-2)7-12(11)15/h6-7,9-10H,3-5,8,16H2,1-2H3. The molecule has 1 aliphatic carbocycles. The van der Waals surface area contributed by atoms with E-state index in [1.165, 1.54) is 6.42 Å². The second-order valence-electron chi connectivity index (χ2n) is 4.83. The molecular weight excluding hydrogens is 250 g/mol. The fraction of sp³-hybridized carbons (Fsp3) is 0.571. The lowest BCUT2D eigenvalue weighted by atomic mass is 9.96. The Hall–Kier alpha value is -0.930. The highest BCUT2D eigenvalue weighted by Gasteiger charge is 2.22. The van der Waals surface area contributed by atoms with Crippen molar-refractivity contribution in [1.29, 1.82) is 0 Å². The molecule has 0 heterocycles. The predicted molar refractivity (Wildman–Crippen MR) is 73.7 cm³/mol. The smallest absolute Gasteiger partial charge is 0.162 e. The van der Waals surface area contributed by atoms with Crippen molar-refractivity contribution in [1.82, 2.24) is 0 Å². The summed E-state index contributed by atoms with van der Waals surface area (Å²) in [7, 11) is 1.63. The van der Waals surface area contributed by atoms with E-state index >= 15 is 0 Å². The van der Waals surface area contributed by atoms with Crippen LogP contribution in [-0.4, -0.2) is 19.8 Å². The SMILES string of the molecule is COc1cc(Cl)c(C(C)CN)cc1OC1CCC1. The van der Waals surface area contributed by atoms with Crippen molar-refractivity contribution in [2.45, 2.75) is 38.2 Å². The Morgan fingerprint density at radius 2 is 2.11 bits per heavy atom. The number of hydrogen-bond acceptors (Lipinski definition) is 3. The number of benzene rings is 1. The van der Waals surface area contributed by atoms with E-state index in [0.717, 1.165) is 24.2 Å². The minimum atomic E-state index is 0.215. The molecule has 0 aromatic heterocycles. The first-order valence-corrected chi connectivity index (χ1v) is 6.77. The van der Waals surface area contributed by atoms with E-state index in [1.807, 2.05) is 12.1 Å². The molecule has 1 atom stereocenters. The molecule has 2 N–H and O–H groups in total. The monoisotopic (exact) mass is 269 g/mol. The average Bonchev–Trinajstić information content (AvgIpc) is 2.33. The van der Waals surface area contributed by atoms with Gasteiger partial charge >= 0.3 is 0 Å². The third-order valence-corrected chi connectivity index (χ3v) is 3.84. The van der Waals surface area contributed by atoms with E-state index in [1.54, 1.807) is 7.11 Å². The number of ether oxygens (including phenoxy) is 2. The predicted octanol–water partition coefficient (Wildman–Crippen LogP) is 3.34. The highest BCUT2D eigenvalue weighted by atomic mass is 35.5. The summed E-state index contributed by atoms with van der Waals surface area (Å²) in [5.74, 6) is 1.69. The van der Waals surface area contributed by atoms with Crippen LogP contribution in [0.2, 0.25) is 5.02 Å². The molecule has 100 valence electrons. The first-order valence-electron chi connectivity index (χ1n) is 6.39.